The van der Waals surface area contributed by atoms with Crippen LogP contribution in [-0.4, -0.2) is 21.9 Å². The monoisotopic (exact) mass is 374 g/mol. The lowest BCUT2D eigenvalue weighted by Gasteiger charge is -2.31. The van der Waals surface area contributed by atoms with E-state index in [-0.39, 0.29) is 0 Å². The van der Waals surface area contributed by atoms with Crippen molar-refractivity contribution in [1.29, 1.82) is 0 Å². The molecule has 0 fully saturated rings. The Bertz CT molecular complexity index is 230. The molecule has 0 aliphatic carbocycles. The van der Waals surface area contributed by atoms with Crippen molar-refractivity contribution < 1.29 is 39.9 Å². The van der Waals surface area contributed by atoms with Gasteiger partial charge in [-0.3, -0.25) is 0 Å². The summed E-state index contributed by atoms with van der Waals surface area (Å²) in [6.07, 6.45) is -11.8. The van der Waals surface area contributed by atoms with E-state index in [1.807, 2.05) is 4.74 Å². The van der Waals surface area contributed by atoms with Crippen molar-refractivity contribution in [1.82, 2.24) is 0 Å². The Morgan fingerprint density at radius 1 is 0.733 bits per heavy atom. The van der Waals surface area contributed by atoms with E-state index < -0.39 is 21.9 Å². The molecule has 0 heterocycles. The fourth-order valence-electron chi connectivity index (χ4n) is 0.374. The molecule has 0 saturated heterocycles. The van der Waals surface area contributed by atoms with Crippen molar-refractivity contribution in [2.75, 3.05) is 0 Å². The molecule has 0 amide bonds. The summed E-state index contributed by atoms with van der Waals surface area (Å²) >= 11 is 2.30. The number of hydrogen-bond donors (Lipinski definition) is 0. The van der Waals surface area contributed by atoms with Crippen molar-refractivity contribution >= 4 is 31.9 Å². The largest absolute Gasteiger partial charge is 0.527 e. The van der Waals surface area contributed by atoms with Crippen molar-refractivity contribution in [2.24, 2.45) is 0 Å². The highest BCUT2D eigenvalue weighted by Gasteiger charge is 2.71. The maximum Gasteiger partial charge on any atom is 0.527 e. The smallest absolute Gasteiger partial charge is 0.222 e. The first-order valence-corrected chi connectivity index (χ1v) is 4.38. The van der Waals surface area contributed by atoms with Crippen LogP contribution >= 0.6 is 31.9 Å². The third-order valence-electron chi connectivity index (χ3n) is 0.965. The molecule has 0 unspecified atom stereocenters. The molecule has 0 aromatic carbocycles. The summed E-state index contributed by atoms with van der Waals surface area (Å²) in [7, 11) is 0. The molecule has 0 saturated carbocycles. The van der Waals surface area contributed by atoms with Crippen LogP contribution in [0.4, 0.5) is 35.1 Å². The maximum atomic E-state index is 12.7. The van der Waals surface area contributed by atoms with Crippen molar-refractivity contribution in [3.8, 4) is 0 Å². The minimum absolute atomic E-state index is 1.14. The number of rotatable bonds is 3. The van der Waals surface area contributed by atoms with Crippen molar-refractivity contribution in [3.63, 3.8) is 0 Å². The van der Waals surface area contributed by atoms with Crippen molar-refractivity contribution in [3.05, 3.63) is 0 Å². The van der Waals surface area contributed by atoms with Crippen LogP contribution in [0, 0.1) is 0 Å². The molecule has 0 aromatic rings. The molecule has 0 aliphatic rings. The average Bonchev–Trinajstić information content (AvgIpc) is 1.77. The van der Waals surface area contributed by atoms with Gasteiger partial charge in [0, 0.05) is 0 Å². The zero-order chi connectivity index (χ0) is 12.7. The van der Waals surface area contributed by atoms with E-state index in [0.717, 1.165) is 31.9 Å². The zero-order valence-corrected chi connectivity index (χ0v) is 9.36. The third-order valence-corrected chi connectivity index (χ3v) is 3.00. The predicted octanol–water partition coefficient (Wildman–Crippen LogP) is 4.16. The van der Waals surface area contributed by atoms with Crippen LogP contribution in [-0.2, 0) is 4.74 Å². The van der Waals surface area contributed by atoms with Crippen LogP contribution in [0.5, 0.6) is 0 Å². The van der Waals surface area contributed by atoms with Gasteiger partial charge in [0.15, 0.2) is 0 Å². The Morgan fingerprint density at radius 2 is 1.07 bits per heavy atom. The highest BCUT2D eigenvalue weighted by molar-refractivity contribution is 9.12. The SMILES string of the molecule is FC(F)(F)OC(F)(F)[C@](F)(Br)C(F)(F)Br. The topological polar surface area (TPSA) is 9.23 Å². The van der Waals surface area contributed by atoms with E-state index in [1.165, 1.54) is 0 Å². The minimum Gasteiger partial charge on any atom is -0.222 e. The summed E-state index contributed by atoms with van der Waals surface area (Å²) in [5, 5.41) is 0. The quantitative estimate of drug-likeness (QED) is 0.531. The van der Waals surface area contributed by atoms with E-state index >= 15 is 0 Å². The second-order valence-corrected chi connectivity index (χ2v) is 4.23. The van der Waals surface area contributed by atoms with Gasteiger partial charge in [-0.25, -0.2) is 9.13 Å². The summed E-state index contributed by atoms with van der Waals surface area (Å²) in [5.41, 5.74) is 0. The fraction of sp³-hybridized carbons (Fsp3) is 1.00. The van der Waals surface area contributed by atoms with Crippen LogP contribution < -0.4 is 0 Å². The van der Waals surface area contributed by atoms with Gasteiger partial charge >= 0.3 is 21.9 Å². The number of alkyl halides is 10. The third kappa shape index (κ3) is 3.70. The minimum atomic E-state index is -5.97. The van der Waals surface area contributed by atoms with E-state index in [2.05, 4.69) is 0 Å². The molecular formula is C4Br2F8O. The highest BCUT2D eigenvalue weighted by Crippen LogP contribution is 2.53. The van der Waals surface area contributed by atoms with E-state index in [0.29, 0.717) is 0 Å². The summed E-state index contributed by atoms with van der Waals surface area (Å²) in [4.78, 5) is -4.96. The molecule has 0 radical (unpaired) electrons. The predicted molar refractivity (Wildman–Crippen MR) is 38.7 cm³/mol. The zero-order valence-electron chi connectivity index (χ0n) is 6.19. The molecule has 1 nitrogen and oxygen atoms in total. The highest BCUT2D eigenvalue weighted by atomic mass is 79.9. The van der Waals surface area contributed by atoms with Gasteiger partial charge in [-0.05, 0) is 31.9 Å². The summed E-state index contributed by atoms with van der Waals surface area (Å²) < 4.78 is 92.4. The second kappa shape index (κ2) is 3.99. The van der Waals surface area contributed by atoms with Crippen LogP contribution in [0.3, 0.4) is 0 Å². The number of halogens is 10. The Labute approximate surface area is 94.0 Å². The van der Waals surface area contributed by atoms with Gasteiger partial charge in [-0.2, -0.15) is 17.6 Å². The van der Waals surface area contributed by atoms with Gasteiger partial charge in [0.2, 0.25) is 0 Å². The lowest BCUT2D eigenvalue weighted by atomic mass is 10.4. The van der Waals surface area contributed by atoms with Crippen LogP contribution in [0.1, 0.15) is 0 Å². The van der Waals surface area contributed by atoms with Gasteiger partial charge in [-0.15, -0.1) is 13.2 Å². The molecule has 0 N–H and O–H groups in total. The average molecular weight is 376 g/mol. The lowest BCUT2D eigenvalue weighted by Crippen LogP contribution is -2.53. The molecule has 0 aromatic heterocycles. The first-order valence-electron chi connectivity index (χ1n) is 2.80. The molecule has 15 heavy (non-hydrogen) atoms. The molecule has 0 aliphatic heterocycles. The Balaban J connectivity index is 5.03. The first kappa shape index (κ1) is 15.4. The maximum absolute atomic E-state index is 12.7. The molecular weight excluding hydrogens is 376 g/mol. The fourth-order valence-corrected chi connectivity index (χ4v) is 0.686. The molecule has 0 rings (SSSR count). The Kier molecular flexibility index (Phi) is 4.08. The van der Waals surface area contributed by atoms with Crippen LogP contribution in [0.2, 0.25) is 0 Å². The lowest BCUT2D eigenvalue weighted by molar-refractivity contribution is -0.446. The Hall–Kier alpha value is 0.360. The Morgan fingerprint density at radius 3 is 1.27 bits per heavy atom. The van der Waals surface area contributed by atoms with Crippen LogP contribution in [0.25, 0.3) is 0 Å². The van der Waals surface area contributed by atoms with E-state index in [9.17, 15) is 35.1 Å². The second-order valence-electron chi connectivity index (χ2n) is 2.14. The summed E-state index contributed by atoms with van der Waals surface area (Å²) in [6, 6.07) is 0. The van der Waals surface area contributed by atoms with Crippen molar-refractivity contribution in [2.45, 2.75) is 21.9 Å². The standard InChI is InChI=1S/C4Br2F8O/c5-1(7,2(6,8)9)3(10,11)15-4(12,13)14/t1-/m0/s1. The summed E-state index contributed by atoms with van der Waals surface area (Å²) in [5.74, 6) is 0. The molecule has 0 spiro atoms. The molecule has 92 valence electrons. The molecule has 0 bridgehead atoms. The van der Waals surface area contributed by atoms with Gasteiger partial charge in [-0.1, -0.05) is 0 Å². The number of hydrogen-bond acceptors (Lipinski definition) is 1. The number of ether oxygens (including phenoxy) is 1. The van der Waals surface area contributed by atoms with Gasteiger partial charge < -0.3 is 0 Å². The first-order chi connectivity index (χ1) is 6.21. The normalized spacial score (nSPS) is 18.8. The van der Waals surface area contributed by atoms with Crippen LogP contribution in [0.15, 0.2) is 0 Å². The van der Waals surface area contributed by atoms with E-state index in [1.54, 1.807) is 0 Å². The molecule has 1 atom stereocenters. The van der Waals surface area contributed by atoms with E-state index in [4.69, 9.17) is 0 Å². The van der Waals surface area contributed by atoms with Gasteiger partial charge in [0.1, 0.15) is 0 Å². The van der Waals surface area contributed by atoms with Gasteiger partial charge in [0.25, 0.3) is 0 Å². The summed E-state index contributed by atoms with van der Waals surface area (Å²) in [6.45, 7) is 0. The van der Waals surface area contributed by atoms with Gasteiger partial charge in [0.05, 0.1) is 0 Å². The molecule has 11 heteroatoms.